The largest absolute Gasteiger partial charge is 0.352 e. The fraction of sp³-hybridized carbons (Fsp3) is 0.350. The minimum Gasteiger partial charge on any atom is -0.352 e. The van der Waals surface area contributed by atoms with Gasteiger partial charge >= 0.3 is 0 Å². The molecule has 3 aromatic rings. The average molecular weight is 425 g/mol. The first-order valence-corrected chi connectivity index (χ1v) is 10.3. The van der Waals surface area contributed by atoms with E-state index in [1.54, 1.807) is 29.8 Å². The minimum absolute atomic E-state index is 0.0663. The van der Waals surface area contributed by atoms with Crippen molar-refractivity contribution < 1.29 is 9.59 Å². The third kappa shape index (κ3) is 4.11. The Bertz CT molecular complexity index is 1090. The fourth-order valence-electron chi connectivity index (χ4n) is 3.50. The van der Waals surface area contributed by atoms with E-state index >= 15 is 0 Å². The molecule has 2 aromatic heterocycles. The number of amides is 2. The van der Waals surface area contributed by atoms with Crippen LogP contribution in [0.3, 0.4) is 0 Å². The quantitative estimate of drug-likeness (QED) is 0.556. The van der Waals surface area contributed by atoms with E-state index in [2.05, 4.69) is 29.4 Å². The zero-order chi connectivity index (χ0) is 21.3. The van der Waals surface area contributed by atoms with Gasteiger partial charge in [0.2, 0.25) is 5.91 Å². The van der Waals surface area contributed by atoms with Crippen molar-refractivity contribution in [2.24, 2.45) is 0 Å². The third-order valence-electron chi connectivity index (χ3n) is 5.21. The molecule has 30 heavy (non-hydrogen) atoms. The van der Waals surface area contributed by atoms with Gasteiger partial charge in [-0.25, -0.2) is 0 Å². The molecule has 4 rings (SSSR count). The van der Waals surface area contributed by atoms with Crippen molar-refractivity contribution in [3.63, 3.8) is 0 Å². The van der Waals surface area contributed by atoms with E-state index in [1.807, 2.05) is 35.2 Å². The number of hydrogen-bond donors (Lipinski definition) is 0. The summed E-state index contributed by atoms with van der Waals surface area (Å²) in [5, 5.41) is 13.2. The molecule has 0 spiro atoms. The first-order valence-electron chi connectivity index (χ1n) is 9.72. The summed E-state index contributed by atoms with van der Waals surface area (Å²) in [6.45, 7) is 2.68. The van der Waals surface area contributed by atoms with E-state index in [9.17, 15) is 9.59 Å². The van der Waals surface area contributed by atoms with Crippen LogP contribution in [0.1, 0.15) is 15.9 Å². The topological polar surface area (TPSA) is 86.9 Å². The van der Waals surface area contributed by atoms with Crippen molar-refractivity contribution in [3.05, 3.63) is 47.8 Å². The summed E-state index contributed by atoms with van der Waals surface area (Å²) in [5.41, 5.74) is 2.16. The molecule has 2 amide bonds. The monoisotopic (exact) mass is 425 g/mol. The van der Waals surface area contributed by atoms with Gasteiger partial charge in [0.15, 0.2) is 5.65 Å². The third-order valence-corrected chi connectivity index (χ3v) is 5.72. The molecule has 1 aromatic carbocycles. The number of hydrogen-bond acceptors (Lipinski definition) is 6. The Balaban J connectivity index is 1.38. The Labute approximate surface area is 176 Å². The summed E-state index contributed by atoms with van der Waals surface area (Å²) in [7, 11) is 6.02. The smallest absolute Gasteiger partial charge is 0.253 e. The highest BCUT2D eigenvalue weighted by Crippen LogP contribution is 2.15. The molecular weight excluding hydrogens is 401 g/mol. The van der Waals surface area contributed by atoms with Gasteiger partial charge in [-0.15, -0.1) is 24.5 Å². The van der Waals surface area contributed by atoms with Gasteiger partial charge in [-0.3, -0.25) is 9.59 Å². The maximum absolute atomic E-state index is 12.8. The van der Waals surface area contributed by atoms with E-state index in [0.29, 0.717) is 37.4 Å². The first kappa shape index (κ1) is 20.2. The van der Waals surface area contributed by atoms with Gasteiger partial charge in [-0.05, 0) is 29.1 Å². The zero-order valence-electron chi connectivity index (χ0n) is 17.0. The predicted octanol–water partition coefficient (Wildman–Crippen LogP) is 0.218. The van der Waals surface area contributed by atoms with E-state index < -0.39 is 0 Å². The molecule has 0 bridgehead atoms. The number of benzene rings is 1. The molecule has 1 saturated heterocycles. The van der Waals surface area contributed by atoms with Gasteiger partial charge < -0.3 is 14.7 Å². The highest BCUT2D eigenvalue weighted by molar-refractivity contribution is 7.27. The number of piperazine rings is 1. The van der Waals surface area contributed by atoms with Gasteiger partial charge in [0.25, 0.3) is 5.91 Å². The van der Waals surface area contributed by atoms with E-state index in [-0.39, 0.29) is 18.2 Å². The maximum Gasteiger partial charge on any atom is 0.253 e. The first-order chi connectivity index (χ1) is 14.4. The minimum atomic E-state index is -0.0690. The van der Waals surface area contributed by atoms with Crippen molar-refractivity contribution in [3.8, 4) is 0 Å². The average Bonchev–Trinajstić information content (AvgIpc) is 3.22. The van der Waals surface area contributed by atoms with Crippen LogP contribution >= 0.6 is 9.24 Å². The molecular formula is C20H24N7O2P. The standard InChI is InChI=1S/C20H24N7O2P/c1-24(2)20(29)15-11-14(3-4-16(15)30)12-19(28)26-9-7-25(8-10-26)18-6-5-17-22-21-13-27(17)23-18/h3-6,11,13H,7-10,12,30H2,1-2H3. The van der Waals surface area contributed by atoms with Crippen molar-refractivity contribution in [1.82, 2.24) is 29.6 Å². The summed E-state index contributed by atoms with van der Waals surface area (Å²) >= 11 is 0. The van der Waals surface area contributed by atoms with E-state index in [0.717, 1.165) is 16.7 Å². The summed E-state index contributed by atoms with van der Waals surface area (Å²) in [4.78, 5) is 30.7. The van der Waals surface area contributed by atoms with Crippen LogP contribution < -0.4 is 10.2 Å². The number of carbonyl (C=O) groups is 2. The predicted molar refractivity (Wildman–Crippen MR) is 117 cm³/mol. The molecule has 10 heteroatoms. The lowest BCUT2D eigenvalue weighted by Gasteiger charge is -2.35. The van der Waals surface area contributed by atoms with Gasteiger partial charge in [0.1, 0.15) is 12.1 Å². The van der Waals surface area contributed by atoms with Crippen molar-refractivity contribution in [1.29, 1.82) is 0 Å². The summed E-state index contributed by atoms with van der Waals surface area (Å²) < 4.78 is 1.65. The van der Waals surface area contributed by atoms with Crippen LogP contribution in [0.15, 0.2) is 36.7 Å². The molecule has 1 aliphatic heterocycles. The van der Waals surface area contributed by atoms with Gasteiger partial charge in [0, 0.05) is 45.8 Å². The molecule has 0 saturated carbocycles. The number of nitrogens with zero attached hydrogens (tertiary/aromatic N) is 7. The van der Waals surface area contributed by atoms with Gasteiger partial charge in [0.05, 0.1) is 6.42 Å². The van der Waals surface area contributed by atoms with Gasteiger partial charge in [-0.1, -0.05) is 12.1 Å². The molecule has 0 N–H and O–H groups in total. The number of rotatable bonds is 4. The molecule has 1 fully saturated rings. The maximum atomic E-state index is 12.8. The molecule has 1 atom stereocenters. The Hall–Kier alpha value is -3.06. The Morgan fingerprint density at radius 2 is 1.87 bits per heavy atom. The van der Waals surface area contributed by atoms with Crippen LogP contribution in [0.2, 0.25) is 0 Å². The second-order valence-corrected chi connectivity index (χ2v) is 8.11. The van der Waals surface area contributed by atoms with E-state index in [1.165, 1.54) is 0 Å². The van der Waals surface area contributed by atoms with E-state index in [4.69, 9.17) is 0 Å². The highest BCUT2D eigenvalue weighted by Gasteiger charge is 2.23. The number of anilines is 1. The molecule has 0 aliphatic carbocycles. The molecule has 3 heterocycles. The molecule has 0 radical (unpaired) electrons. The number of carbonyl (C=O) groups excluding carboxylic acids is 2. The van der Waals surface area contributed by atoms with Crippen molar-refractivity contribution >= 4 is 37.8 Å². The fourth-order valence-corrected chi connectivity index (χ4v) is 3.80. The van der Waals surface area contributed by atoms with Crippen molar-refractivity contribution in [2.75, 3.05) is 45.2 Å². The van der Waals surface area contributed by atoms with Crippen molar-refractivity contribution in [2.45, 2.75) is 6.42 Å². The molecule has 9 nitrogen and oxygen atoms in total. The van der Waals surface area contributed by atoms with Crippen LogP contribution in [0.25, 0.3) is 5.65 Å². The Kier molecular flexibility index (Phi) is 5.63. The second kappa shape index (κ2) is 8.36. The summed E-state index contributed by atoms with van der Waals surface area (Å²) in [6.07, 6.45) is 1.86. The summed E-state index contributed by atoms with van der Waals surface area (Å²) in [6, 6.07) is 9.40. The Morgan fingerprint density at radius 1 is 1.10 bits per heavy atom. The van der Waals surface area contributed by atoms with Crippen LogP contribution in [0.4, 0.5) is 5.82 Å². The second-order valence-electron chi connectivity index (χ2n) is 7.49. The number of aromatic nitrogens is 4. The zero-order valence-corrected chi connectivity index (χ0v) is 18.2. The van der Waals surface area contributed by atoms with Crippen LogP contribution in [0.5, 0.6) is 0 Å². The van der Waals surface area contributed by atoms with Crippen LogP contribution in [-0.2, 0) is 11.2 Å². The normalized spacial score (nSPS) is 14.2. The highest BCUT2D eigenvalue weighted by atomic mass is 31.0. The molecule has 156 valence electrons. The lowest BCUT2D eigenvalue weighted by Crippen LogP contribution is -2.49. The molecule has 1 unspecified atom stereocenters. The van der Waals surface area contributed by atoms with Crippen LogP contribution in [-0.4, -0.2) is 81.7 Å². The Morgan fingerprint density at radius 3 is 2.60 bits per heavy atom. The summed E-state index contributed by atoms with van der Waals surface area (Å²) in [5.74, 6) is 0.842. The SMILES string of the molecule is CN(C)C(=O)c1cc(CC(=O)N2CCN(c3ccc4nncn4n3)CC2)ccc1P. The van der Waals surface area contributed by atoms with Crippen LogP contribution in [0, 0.1) is 0 Å². The lowest BCUT2D eigenvalue weighted by molar-refractivity contribution is -0.130. The lowest BCUT2D eigenvalue weighted by atomic mass is 10.1. The molecule has 1 aliphatic rings. The number of fused-ring (bicyclic) bond motifs is 1. The van der Waals surface area contributed by atoms with Gasteiger partial charge in [-0.2, -0.15) is 4.52 Å².